The van der Waals surface area contributed by atoms with Crippen molar-refractivity contribution in [3.63, 3.8) is 0 Å². The Balaban J connectivity index is 3.09. The van der Waals surface area contributed by atoms with Crippen molar-refractivity contribution in [1.82, 2.24) is 0 Å². The minimum atomic E-state index is -2.38. The smallest absolute Gasteiger partial charge is 0.126 e. The zero-order valence-corrected chi connectivity index (χ0v) is 9.31. The Bertz CT molecular complexity index is 338. The zero-order valence-electron chi connectivity index (χ0n) is 7.66. The van der Waals surface area contributed by atoms with E-state index in [4.69, 9.17) is 16.3 Å². The molecule has 1 unspecified atom stereocenters. The van der Waals surface area contributed by atoms with Gasteiger partial charge in [-0.2, -0.15) is 0 Å². The highest BCUT2D eigenvalue weighted by Gasteiger charge is 2.16. The first-order chi connectivity index (χ1) is 6.10. The van der Waals surface area contributed by atoms with Crippen LogP contribution >= 0.6 is 18.7 Å². The predicted molar refractivity (Wildman–Crippen MR) is 56.9 cm³/mol. The topological polar surface area (TPSA) is 26.3 Å². The Morgan fingerprint density at radius 2 is 2.23 bits per heavy atom. The third-order valence-electron chi connectivity index (χ3n) is 1.83. The molecule has 13 heavy (non-hydrogen) atoms. The Kier molecular flexibility index (Phi) is 3.40. The molecule has 0 aliphatic heterocycles. The third-order valence-corrected chi connectivity index (χ3v) is 5.02. The molecule has 4 heteroatoms. The van der Waals surface area contributed by atoms with E-state index in [1.54, 1.807) is 19.8 Å². The number of halogens is 1. The first-order valence-electron chi connectivity index (χ1n) is 3.87. The molecule has 0 heterocycles. The van der Waals surface area contributed by atoms with Crippen molar-refractivity contribution >= 4 is 24.0 Å². The second-order valence-electron chi connectivity index (χ2n) is 2.92. The second-order valence-corrected chi connectivity index (χ2v) is 6.60. The summed E-state index contributed by atoms with van der Waals surface area (Å²) >= 11 is 5.62. The molecule has 0 spiro atoms. The molecule has 1 atom stereocenters. The number of rotatable bonds is 3. The van der Waals surface area contributed by atoms with E-state index in [1.807, 2.05) is 18.2 Å². The lowest BCUT2D eigenvalue weighted by atomic mass is 10.3. The van der Waals surface area contributed by atoms with E-state index in [2.05, 4.69) is 0 Å². The minimum absolute atomic E-state index is 0.167. The Morgan fingerprint density at radius 1 is 1.54 bits per heavy atom. The Labute approximate surface area is 83.2 Å². The van der Waals surface area contributed by atoms with Crippen molar-refractivity contribution in [2.45, 2.75) is 0 Å². The predicted octanol–water partition coefficient (Wildman–Crippen LogP) is 2.51. The van der Waals surface area contributed by atoms with Gasteiger partial charge in [0.25, 0.3) is 0 Å². The number of hydrogen-bond donors (Lipinski definition) is 0. The van der Waals surface area contributed by atoms with E-state index < -0.39 is 7.14 Å². The Hall–Kier alpha value is -0.460. The lowest BCUT2D eigenvalue weighted by Gasteiger charge is -2.10. The molecule has 0 amide bonds. The number of methoxy groups -OCH3 is 1. The molecule has 1 aromatic carbocycles. The number of benzene rings is 1. The van der Waals surface area contributed by atoms with Gasteiger partial charge in [0, 0.05) is 5.30 Å². The summed E-state index contributed by atoms with van der Waals surface area (Å²) in [5.74, 6) is 0.713. The van der Waals surface area contributed by atoms with Gasteiger partial charge in [-0.05, 0) is 18.8 Å². The zero-order chi connectivity index (χ0) is 9.90. The molecule has 0 aromatic heterocycles. The molecule has 1 aromatic rings. The summed E-state index contributed by atoms with van der Waals surface area (Å²) in [6, 6.07) is 7.21. The van der Waals surface area contributed by atoms with E-state index in [-0.39, 0.29) is 5.62 Å². The summed E-state index contributed by atoms with van der Waals surface area (Å²) in [6.07, 6.45) is 0. The van der Waals surface area contributed by atoms with E-state index >= 15 is 0 Å². The van der Waals surface area contributed by atoms with Crippen LogP contribution in [0.25, 0.3) is 0 Å². The van der Waals surface area contributed by atoms with Gasteiger partial charge in [0.1, 0.15) is 12.9 Å². The van der Waals surface area contributed by atoms with Crippen LogP contribution in [0.2, 0.25) is 0 Å². The first kappa shape index (κ1) is 10.6. The molecule has 0 saturated heterocycles. The molecule has 72 valence electrons. The van der Waals surface area contributed by atoms with Gasteiger partial charge in [-0.1, -0.05) is 12.1 Å². The van der Waals surface area contributed by atoms with Crippen LogP contribution in [0.3, 0.4) is 0 Å². The highest BCUT2D eigenvalue weighted by atomic mass is 35.5. The fraction of sp³-hybridized carbons (Fsp3) is 0.333. The van der Waals surface area contributed by atoms with Crippen molar-refractivity contribution in [2.24, 2.45) is 0 Å². The summed E-state index contributed by atoms with van der Waals surface area (Å²) in [4.78, 5) is 0. The standard InChI is InChI=1S/C9H12ClO2P/c1-12-8-4-3-5-9(6-8)13(2,11)7-10/h3-6H,7H2,1-2H3. The Morgan fingerprint density at radius 3 is 2.77 bits per heavy atom. The lowest BCUT2D eigenvalue weighted by Crippen LogP contribution is -2.04. The summed E-state index contributed by atoms with van der Waals surface area (Å²) in [5.41, 5.74) is 0.167. The fourth-order valence-corrected chi connectivity index (χ4v) is 2.33. The molecule has 2 nitrogen and oxygen atoms in total. The van der Waals surface area contributed by atoms with E-state index in [0.717, 1.165) is 5.30 Å². The molecule has 0 aliphatic carbocycles. The summed E-state index contributed by atoms with van der Waals surface area (Å²) in [6.45, 7) is 1.68. The van der Waals surface area contributed by atoms with Crippen LogP contribution in [0.5, 0.6) is 5.75 Å². The van der Waals surface area contributed by atoms with E-state index in [9.17, 15) is 4.57 Å². The summed E-state index contributed by atoms with van der Waals surface area (Å²) < 4.78 is 16.9. The molecule has 0 fully saturated rings. The maximum Gasteiger partial charge on any atom is 0.126 e. The molecule has 0 N–H and O–H groups in total. The third kappa shape index (κ3) is 2.49. The van der Waals surface area contributed by atoms with Gasteiger partial charge >= 0.3 is 0 Å². The molecular formula is C9H12ClO2P. The average Bonchev–Trinajstić information content (AvgIpc) is 2.18. The van der Waals surface area contributed by atoms with Gasteiger partial charge in [0.2, 0.25) is 0 Å². The van der Waals surface area contributed by atoms with Gasteiger partial charge < -0.3 is 9.30 Å². The van der Waals surface area contributed by atoms with Gasteiger partial charge in [-0.25, -0.2) is 0 Å². The van der Waals surface area contributed by atoms with Crippen LogP contribution in [0.15, 0.2) is 24.3 Å². The largest absolute Gasteiger partial charge is 0.497 e. The molecule has 0 bridgehead atoms. The van der Waals surface area contributed by atoms with Crippen LogP contribution in [-0.4, -0.2) is 19.4 Å². The quantitative estimate of drug-likeness (QED) is 0.576. The number of alkyl halides is 1. The van der Waals surface area contributed by atoms with Gasteiger partial charge in [-0.15, -0.1) is 11.6 Å². The van der Waals surface area contributed by atoms with Crippen LogP contribution in [0, 0.1) is 0 Å². The lowest BCUT2D eigenvalue weighted by molar-refractivity contribution is 0.415. The van der Waals surface area contributed by atoms with Crippen molar-refractivity contribution in [3.05, 3.63) is 24.3 Å². The molecule has 0 radical (unpaired) electrons. The second kappa shape index (κ2) is 4.17. The first-order valence-corrected chi connectivity index (χ1v) is 6.74. The summed E-state index contributed by atoms with van der Waals surface area (Å²) in [5, 5.41) is 0.766. The molecule has 0 saturated carbocycles. The molecular weight excluding hydrogens is 207 g/mol. The van der Waals surface area contributed by atoms with Crippen molar-refractivity contribution in [3.8, 4) is 5.75 Å². The average molecular weight is 219 g/mol. The van der Waals surface area contributed by atoms with Gasteiger partial charge in [0.15, 0.2) is 0 Å². The maximum absolute atomic E-state index is 11.9. The van der Waals surface area contributed by atoms with Crippen LogP contribution in [0.1, 0.15) is 0 Å². The normalized spacial score (nSPS) is 15.0. The van der Waals surface area contributed by atoms with E-state index in [0.29, 0.717) is 5.75 Å². The molecule has 0 aliphatic rings. The van der Waals surface area contributed by atoms with Crippen molar-refractivity contribution < 1.29 is 9.30 Å². The van der Waals surface area contributed by atoms with Crippen molar-refractivity contribution in [1.29, 1.82) is 0 Å². The SMILES string of the molecule is COc1cccc(P(C)(=O)CCl)c1. The summed E-state index contributed by atoms with van der Waals surface area (Å²) in [7, 11) is -0.797. The fourth-order valence-electron chi connectivity index (χ4n) is 0.974. The number of ether oxygens (including phenoxy) is 1. The van der Waals surface area contributed by atoms with Crippen LogP contribution in [0.4, 0.5) is 0 Å². The van der Waals surface area contributed by atoms with Gasteiger partial charge in [-0.3, -0.25) is 0 Å². The van der Waals surface area contributed by atoms with Crippen molar-refractivity contribution in [2.75, 3.05) is 19.4 Å². The maximum atomic E-state index is 11.9. The van der Waals surface area contributed by atoms with E-state index in [1.165, 1.54) is 0 Å². The highest BCUT2D eigenvalue weighted by Crippen LogP contribution is 2.41. The van der Waals surface area contributed by atoms with Crippen LogP contribution < -0.4 is 10.0 Å². The molecule has 1 rings (SSSR count). The highest BCUT2D eigenvalue weighted by molar-refractivity contribution is 7.72. The minimum Gasteiger partial charge on any atom is -0.497 e. The van der Waals surface area contributed by atoms with Crippen LogP contribution in [-0.2, 0) is 4.57 Å². The monoisotopic (exact) mass is 218 g/mol. The van der Waals surface area contributed by atoms with Gasteiger partial charge in [0.05, 0.1) is 12.7 Å². The number of hydrogen-bond acceptors (Lipinski definition) is 2.